The van der Waals surface area contributed by atoms with Crippen LogP contribution in [0, 0.1) is 11.8 Å². The molecular formula is C14H25N3S. The SMILES string of the molecule is CC(C)CNCc1csc(N(C)CC2CCC2)n1. The summed E-state index contributed by atoms with van der Waals surface area (Å²) in [5, 5.41) is 6.79. The maximum atomic E-state index is 4.70. The summed E-state index contributed by atoms with van der Waals surface area (Å²) in [6, 6.07) is 0. The van der Waals surface area contributed by atoms with Crippen LogP contribution in [0.3, 0.4) is 0 Å². The predicted octanol–water partition coefficient (Wildman–Crippen LogP) is 3.13. The summed E-state index contributed by atoms with van der Waals surface area (Å²) in [7, 11) is 2.17. The first-order valence-corrected chi connectivity index (χ1v) is 7.89. The third kappa shape index (κ3) is 3.95. The second-order valence-corrected chi connectivity index (χ2v) is 6.66. The topological polar surface area (TPSA) is 28.2 Å². The molecule has 0 saturated heterocycles. The normalized spacial score (nSPS) is 16.0. The van der Waals surface area contributed by atoms with Crippen molar-refractivity contribution in [3.63, 3.8) is 0 Å². The molecule has 1 heterocycles. The van der Waals surface area contributed by atoms with Gasteiger partial charge < -0.3 is 10.2 Å². The highest BCUT2D eigenvalue weighted by Crippen LogP contribution is 2.29. The van der Waals surface area contributed by atoms with Crippen LogP contribution in [-0.2, 0) is 6.54 Å². The lowest BCUT2D eigenvalue weighted by Gasteiger charge is -2.29. The first kappa shape index (κ1) is 13.8. The highest BCUT2D eigenvalue weighted by Gasteiger charge is 2.20. The van der Waals surface area contributed by atoms with E-state index in [0.717, 1.165) is 19.0 Å². The van der Waals surface area contributed by atoms with E-state index in [2.05, 4.69) is 36.5 Å². The van der Waals surface area contributed by atoms with Gasteiger partial charge in [-0.3, -0.25) is 0 Å². The monoisotopic (exact) mass is 267 g/mol. The van der Waals surface area contributed by atoms with Crippen molar-refractivity contribution in [2.24, 2.45) is 11.8 Å². The maximum Gasteiger partial charge on any atom is 0.185 e. The lowest BCUT2D eigenvalue weighted by Crippen LogP contribution is -2.29. The zero-order chi connectivity index (χ0) is 13.0. The molecule has 102 valence electrons. The van der Waals surface area contributed by atoms with Crippen LogP contribution >= 0.6 is 11.3 Å². The number of rotatable bonds is 7. The van der Waals surface area contributed by atoms with Crippen LogP contribution in [0.5, 0.6) is 0 Å². The molecule has 1 saturated carbocycles. The molecule has 18 heavy (non-hydrogen) atoms. The van der Waals surface area contributed by atoms with Crippen molar-refractivity contribution in [3.8, 4) is 0 Å². The average molecular weight is 267 g/mol. The fraction of sp³-hybridized carbons (Fsp3) is 0.786. The van der Waals surface area contributed by atoms with Gasteiger partial charge in [0.25, 0.3) is 0 Å². The molecule has 1 aromatic rings. The largest absolute Gasteiger partial charge is 0.351 e. The molecule has 4 heteroatoms. The number of nitrogens with zero attached hydrogens (tertiary/aromatic N) is 2. The van der Waals surface area contributed by atoms with Crippen molar-refractivity contribution >= 4 is 16.5 Å². The van der Waals surface area contributed by atoms with Crippen LogP contribution < -0.4 is 10.2 Å². The van der Waals surface area contributed by atoms with Crippen molar-refractivity contribution in [2.75, 3.05) is 25.0 Å². The summed E-state index contributed by atoms with van der Waals surface area (Å²) in [5.74, 6) is 1.60. The molecule has 1 N–H and O–H groups in total. The highest BCUT2D eigenvalue weighted by atomic mass is 32.1. The molecular weight excluding hydrogens is 242 g/mol. The van der Waals surface area contributed by atoms with E-state index in [1.807, 2.05) is 0 Å². The van der Waals surface area contributed by atoms with Crippen LogP contribution in [0.15, 0.2) is 5.38 Å². The quantitative estimate of drug-likeness (QED) is 0.822. The molecule has 0 spiro atoms. The summed E-state index contributed by atoms with van der Waals surface area (Å²) < 4.78 is 0. The standard InChI is InChI=1S/C14H25N3S/c1-11(2)7-15-8-13-10-18-14(16-13)17(3)9-12-5-4-6-12/h10-12,15H,4-9H2,1-3H3. The van der Waals surface area contributed by atoms with Gasteiger partial charge in [0.1, 0.15) is 0 Å². The molecule has 0 bridgehead atoms. The number of anilines is 1. The molecule has 0 radical (unpaired) electrons. The Kier molecular flexibility index (Phi) is 5.01. The molecule has 0 amide bonds. The van der Waals surface area contributed by atoms with Crippen molar-refractivity contribution in [1.82, 2.24) is 10.3 Å². The third-order valence-corrected chi connectivity index (χ3v) is 4.49. The zero-order valence-corrected chi connectivity index (χ0v) is 12.6. The van der Waals surface area contributed by atoms with Crippen molar-refractivity contribution in [2.45, 2.75) is 39.7 Å². The molecule has 0 aliphatic heterocycles. The van der Waals surface area contributed by atoms with Crippen LogP contribution in [-0.4, -0.2) is 25.1 Å². The molecule has 2 rings (SSSR count). The van der Waals surface area contributed by atoms with E-state index in [-0.39, 0.29) is 0 Å². The molecule has 3 nitrogen and oxygen atoms in total. The third-order valence-electron chi connectivity index (χ3n) is 3.48. The Hall–Kier alpha value is -0.610. The Bertz CT molecular complexity index is 358. The van der Waals surface area contributed by atoms with Gasteiger partial charge in [-0.05, 0) is 31.2 Å². The van der Waals surface area contributed by atoms with Gasteiger partial charge in [-0.1, -0.05) is 20.3 Å². The number of aromatic nitrogens is 1. The van der Waals surface area contributed by atoms with Crippen LogP contribution in [0.25, 0.3) is 0 Å². The van der Waals surface area contributed by atoms with E-state index < -0.39 is 0 Å². The Morgan fingerprint density at radius 3 is 2.89 bits per heavy atom. The van der Waals surface area contributed by atoms with Gasteiger partial charge in [-0.2, -0.15) is 0 Å². The number of hydrogen-bond donors (Lipinski definition) is 1. The number of hydrogen-bond acceptors (Lipinski definition) is 4. The highest BCUT2D eigenvalue weighted by molar-refractivity contribution is 7.13. The first-order valence-electron chi connectivity index (χ1n) is 7.01. The fourth-order valence-corrected chi connectivity index (χ4v) is 2.98. The maximum absolute atomic E-state index is 4.70. The summed E-state index contributed by atoms with van der Waals surface area (Å²) in [6.07, 6.45) is 4.22. The molecule has 0 unspecified atom stereocenters. The van der Waals surface area contributed by atoms with Crippen LogP contribution in [0.2, 0.25) is 0 Å². The summed E-state index contributed by atoms with van der Waals surface area (Å²) in [4.78, 5) is 7.02. The van der Waals surface area contributed by atoms with E-state index in [9.17, 15) is 0 Å². The predicted molar refractivity (Wildman–Crippen MR) is 79.3 cm³/mol. The smallest absolute Gasteiger partial charge is 0.185 e. The molecule has 0 aromatic carbocycles. The van der Waals surface area contributed by atoms with Crippen molar-refractivity contribution in [3.05, 3.63) is 11.1 Å². The van der Waals surface area contributed by atoms with Crippen LogP contribution in [0.1, 0.15) is 38.8 Å². The van der Waals surface area contributed by atoms with Crippen molar-refractivity contribution < 1.29 is 0 Å². The van der Waals surface area contributed by atoms with Gasteiger partial charge in [0.15, 0.2) is 5.13 Å². The molecule has 1 aliphatic rings. The molecule has 1 aromatic heterocycles. The van der Waals surface area contributed by atoms with Gasteiger partial charge in [0.05, 0.1) is 5.69 Å². The van der Waals surface area contributed by atoms with Crippen molar-refractivity contribution in [1.29, 1.82) is 0 Å². The zero-order valence-electron chi connectivity index (χ0n) is 11.8. The minimum Gasteiger partial charge on any atom is -0.351 e. The lowest BCUT2D eigenvalue weighted by atomic mass is 9.85. The lowest BCUT2D eigenvalue weighted by molar-refractivity contribution is 0.321. The van der Waals surface area contributed by atoms with Crippen LogP contribution in [0.4, 0.5) is 5.13 Å². The van der Waals surface area contributed by atoms with Gasteiger partial charge in [-0.15, -0.1) is 11.3 Å². The fourth-order valence-electron chi connectivity index (χ4n) is 2.18. The Labute approximate surface area is 115 Å². The Morgan fingerprint density at radius 2 is 2.28 bits per heavy atom. The first-order chi connectivity index (χ1) is 8.65. The second-order valence-electron chi connectivity index (χ2n) is 5.82. The Morgan fingerprint density at radius 1 is 1.50 bits per heavy atom. The summed E-state index contributed by atoms with van der Waals surface area (Å²) >= 11 is 1.77. The minimum atomic E-state index is 0.699. The van der Waals surface area contributed by atoms with E-state index in [0.29, 0.717) is 5.92 Å². The van der Waals surface area contributed by atoms with Gasteiger partial charge in [-0.25, -0.2) is 4.98 Å². The van der Waals surface area contributed by atoms with E-state index in [1.54, 1.807) is 11.3 Å². The van der Waals surface area contributed by atoms with E-state index >= 15 is 0 Å². The molecule has 0 atom stereocenters. The number of thiazole rings is 1. The summed E-state index contributed by atoms with van der Waals surface area (Å²) in [5.41, 5.74) is 1.18. The van der Waals surface area contributed by atoms with Gasteiger partial charge >= 0.3 is 0 Å². The molecule has 1 aliphatic carbocycles. The van der Waals surface area contributed by atoms with E-state index in [4.69, 9.17) is 4.98 Å². The Balaban J connectivity index is 1.77. The van der Waals surface area contributed by atoms with Gasteiger partial charge in [0, 0.05) is 25.5 Å². The minimum absolute atomic E-state index is 0.699. The number of nitrogens with one attached hydrogen (secondary N) is 1. The van der Waals surface area contributed by atoms with E-state index in [1.165, 1.54) is 36.6 Å². The summed E-state index contributed by atoms with van der Waals surface area (Å²) in [6.45, 7) is 7.58. The molecule has 1 fully saturated rings. The average Bonchev–Trinajstić information content (AvgIpc) is 2.71. The van der Waals surface area contributed by atoms with Gasteiger partial charge in [0.2, 0.25) is 0 Å². The second kappa shape index (κ2) is 6.53.